The second-order valence-corrected chi connectivity index (χ2v) is 5.82. The Morgan fingerprint density at radius 3 is 2.87 bits per heavy atom. The third kappa shape index (κ3) is 3.13. The Kier molecular flexibility index (Phi) is 4.19. The predicted molar refractivity (Wildman–Crippen MR) is 91.0 cm³/mol. The number of carbonyl (C=O) groups is 1. The average Bonchev–Trinajstić information content (AvgIpc) is 2.54. The zero-order valence-corrected chi connectivity index (χ0v) is 13.1. The molecule has 1 aliphatic heterocycles. The van der Waals surface area contributed by atoms with Crippen LogP contribution in [0.4, 0.5) is 21.5 Å². The van der Waals surface area contributed by atoms with Gasteiger partial charge in [-0.1, -0.05) is 12.1 Å². The summed E-state index contributed by atoms with van der Waals surface area (Å²) in [6.45, 7) is 2.65. The van der Waals surface area contributed by atoms with Crippen molar-refractivity contribution >= 4 is 23.0 Å². The standard InChI is InChI=1S/C18H20FN3O/c1-12(18(23)21-14-6-2-5-13(19)11-14)22-10-4-7-15-16(20)8-3-9-17(15)22/h2-3,5-6,8-9,11-12H,4,7,10,20H2,1H3,(H,21,23). The molecule has 23 heavy (non-hydrogen) atoms. The van der Waals surface area contributed by atoms with Crippen LogP contribution in [-0.4, -0.2) is 18.5 Å². The fourth-order valence-electron chi connectivity index (χ4n) is 3.04. The molecule has 1 amide bonds. The largest absolute Gasteiger partial charge is 0.398 e. The Balaban J connectivity index is 1.80. The summed E-state index contributed by atoms with van der Waals surface area (Å²) in [5.74, 6) is -0.530. The van der Waals surface area contributed by atoms with E-state index in [2.05, 4.69) is 10.2 Å². The van der Waals surface area contributed by atoms with E-state index in [1.165, 1.54) is 12.1 Å². The summed E-state index contributed by atoms with van der Waals surface area (Å²) in [5, 5.41) is 2.77. The van der Waals surface area contributed by atoms with Crippen LogP contribution < -0.4 is 16.0 Å². The van der Waals surface area contributed by atoms with Crippen LogP contribution in [0.5, 0.6) is 0 Å². The fourth-order valence-corrected chi connectivity index (χ4v) is 3.04. The normalized spacial score (nSPS) is 15.0. The molecule has 0 aromatic heterocycles. The topological polar surface area (TPSA) is 58.4 Å². The number of fused-ring (bicyclic) bond motifs is 1. The highest BCUT2D eigenvalue weighted by atomic mass is 19.1. The van der Waals surface area contributed by atoms with Gasteiger partial charge in [0.15, 0.2) is 0 Å². The number of nitrogens with two attached hydrogens (primary N) is 1. The van der Waals surface area contributed by atoms with Crippen LogP contribution in [0.25, 0.3) is 0 Å². The third-order valence-corrected chi connectivity index (χ3v) is 4.26. The van der Waals surface area contributed by atoms with Gasteiger partial charge in [0.25, 0.3) is 0 Å². The Morgan fingerprint density at radius 1 is 1.30 bits per heavy atom. The van der Waals surface area contributed by atoms with E-state index in [9.17, 15) is 9.18 Å². The number of amides is 1. The van der Waals surface area contributed by atoms with Gasteiger partial charge in [0.2, 0.25) is 5.91 Å². The van der Waals surface area contributed by atoms with Crippen molar-refractivity contribution in [1.82, 2.24) is 0 Å². The molecule has 1 atom stereocenters. The number of carbonyl (C=O) groups excluding carboxylic acids is 1. The maximum Gasteiger partial charge on any atom is 0.246 e. The molecule has 0 saturated carbocycles. The third-order valence-electron chi connectivity index (χ3n) is 4.26. The Labute approximate surface area is 135 Å². The maximum absolute atomic E-state index is 13.2. The summed E-state index contributed by atoms with van der Waals surface area (Å²) in [5.41, 5.74) is 9.40. The van der Waals surface area contributed by atoms with Crippen LogP contribution in [0.15, 0.2) is 42.5 Å². The quantitative estimate of drug-likeness (QED) is 0.856. The van der Waals surface area contributed by atoms with Gasteiger partial charge in [-0.3, -0.25) is 4.79 Å². The monoisotopic (exact) mass is 313 g/mol. The van der Waals surface area contributed by atoms with Crippen molar-refractivity contribution in [2.75, 3.05) is 22.5 Å². The van der Waals surface area contributed by atoms with E-state index in [1.54, 1.807) is 12.1 Å². The van der Waals surface area contributed by atoms with Crippen molar-refractivity contribution in [3.8, 4) is 0 Å². The molecule has 0 aliphatic carbocycles. The average molecular weight is 313 g/mol. The van der Waals surface area contributed by atoms with Crippen LogP contribution in [0.2, 0.25) is 0 Å². The van der Waals surface area contributed by atoms with Gasteiger partial charge in [-0.25, -0.2) is 4.39 Å². The highest BCUT2D eigenvalue weighted by Gasteiger charge is 2.26. The molecule has 0 bridgehead atoms. The van der Waals surface area contributed by atoms with Crippen molar-refractivity contribution in [2.24, 2.45) is 0 Å². The SMILES string of the molecule is CC(C(=O)Nc1cccc(F)c1)N1CCCc2c(N)cccc21. The van der Waals surface area contributed by atoms with E-state index in [4.69, 9.17) is 5.73 Å². The zero-order chi connectivity index (χ0) is 16.4. The van der Waals surface area contributed by atoms with Crippen molar-refractivity contribution in [3.63, 3.8) is 0 Å². The molecule has 1 heterocycles. The molecule has 0 saturated heterocycles. The minimum absolute atomic E-state index is 0.161. The lowest BCUT2D eigenvalue weighted by Gasteiger charge is -2.36. The molecule has 2 aromatic rings. The van der Waals surface area contributed by atoms with Crippen LogP contribution in [-0.2, 0) is 11.2 Å². The summed E-state index contributed by atoms with van der Waals surface area (Å²) in [4.78, 5) is 14.6. The minimum Gasteiger partial charge on any atom is -0.398 e. The van der Waals surface area contributed by atoms with Crippen LogP contribution in [0.3, 0.4) is 0 Å². The lowest BCUT2D eigenvalue weighted by Crippen LogP contribution is -2.44. The molecule has 2 aromatic carbocycles. The number of rotatable bonds is 3. The molecule has 3 N–H and O–H groups in total. The number of hydrogen-bond donors (Lipinski definition) is 2. The molecule has 1 unspecified atom stereocenters. The van der Waals surface area contributed by atoms with Gasteiger partial charge in [-0.05, 0) is 55.7 Å². The first kappa shape index (κ1) is 15.3. The molecule has 0 fully saturated rings. The number of nitrogens with one attached hydrogen (secondary N) is 1. The first-order chi connectivity index (χ1) is 11.1. The molecular weight excluding hydrogens is 293 g/mol. The van der Waals surface area contributed by atoms with Crippen LogP contribution in [0.1, 0.15) is 18.9 Å². The van der Waals surface area contributed by atoms with Crippen molar-refractivity contribution in [2.45, 2.75) is 25.8 Å². The summed E-state index contributed by atoms with van der Waals surface area (Å²) >= 11 is 0. The predicted octanol–water partition coefficient (Wildman–Crippen LogP) is 3.19. The van der Waals surface area contributed by atoms with E-state index < -0.39 is 0 Å². The van der Waals surface area contributed by atoms with Crippen LogP contribution >= 0.6 is 0 Å². The van der Waals surface area contributed by atoms with Gasteiger partial charge in [-0.15, -0.1) is 0 Å². The van der Waals surface area contributed by atoms with Crippen molar-refractivity contribution in [3.05, 3.63) is 53.8 Å². The van der Waals surface area contributed by atoms with E-state index in [0.29, 0.717) is 5.69 Å². The summed E-state index contributed by atoms with van der Waals surface area (Å²) in [6.07, 6.45) is 1.88. The Hall–Kier alpha value is -2.56. The second-order valence-electron chi connectivity index (χ2n) is 5.82. The molecule has 1 aliphatic rings. The van der Waals surface area contributed by atoms with Crippen molar-refractivity contribution in [1.29, 1.82) is 0 Å². The van der Waals surface area contributed by atoms with Gasteiger partial charge in [0.05, 0.1) is 0 Å². The Bertz CT molecular complexity index is 732. The number of benzene rings is 2. The smallest absolute Gasteiger partial charge is 0.246 e. The molecule has 3 rings (SSSR count). The summed E-state index contributed by atoms with van der Waals surface area (Å²) < 4.78 is 13.2. The van der Waals surface area contributed by atoms with Gasteiger partial charge in [0.1, 0.15) is 11.9 Å². The molecular formula is C18H20FN3O. The van der Waals surface area contributed by atoms with Gasteiger partial charge in [-0.2, -0.15) is 0 Å². The van der Waals surface area contributed by atoms with Crippen LogP contribution in [0, 0.1) is 5.82 Å². The van der Waals surface area contributed by atoms with E-state index in [-0.39, 0.29) is 17.8 Å². The lowest BCUT2D eigenvalue weighted by atomic mass is 9.98. The molecule has 5 heteroatoms. The van der Waals surface area contributed by atoms with Gasteiger partial charge < -0.3 is 16.0 Å². The number of hydrogen-bond acceptors (Lipinski definition) is 3. The lowest BCUT2D eigenvalue weighted by molar-refractivity contribution is -0.117. The highest BCUT2D eigenvalue weighted by Crippen LogP contribution is 2.32. The first-order valence-electron chi connectivity index (χ1n) is 7.76. The molecule has 120 valence electrons. The van der Waals surface area contributed by atoms with E-state index >= 15 is 0 Å². The molecule has 0 spiro atoms. The first-order valence-corrected chi connectivity index (χ1v) is 7.76. The van der Waals surface area contributed by atoms with E-state index in [1.807, 2.05) is 25.1 Å². The van der Waals surface area contributed by atoms with Gasteiger partial charge >= 0.3 is 0 Å². The summed E-state index contributed by atoms with van der Waals surface area (Å²) in [7, 11) is 0. The maximum atomic E-state index is 13.2. The number of nitrogens with zero attached hydrogens (tertiary/aromatic N) is 1. The molecule has 4 nitrogen and oxygen atoms in total. The summed E-state index contributed by atoms with van der Waals surface area (Å²) in [6, 6.07) is 11.3. The second kappa shape index (κ2) is 6.28. The highest BCUT2D eigenvalue weighted by molar-refractivity contribution is 5.97. The molecule has 0 radical (unpaired) electrons. The van der Waals surface area contributed by atoms with Crippen molar-refractivity contribution < 1.29 is 9.18 Å². The zero-order valence-electron chi connectivity index (χ0n) is 13.1. The number of halogens is 1. The number of anilines is 3. The van der Waals surface area contributed by atoms with Gasteiger partial charge in [0, 0.05) is 23.6 Å². The fraction of sp³-hybridized carbons (Fsp3) is 0.278. The minimum atomic E-state index is -0.369. The number of nitrogen functional groups attached to an aromatic ring is 1. The Morgan fingerprint density at radius 2 is 2.09 bits per heavy atom. The van der Waals surface area contributed by atoms with E-state index in [0.717, 1.165) is 36.3 Å².